The molecule has 3 nitrogen and oxygen atoms in total. The van der Waals surface area contributed by atoms with E-state index in [2.05, 4.69) is 13.8 Å². The van der Waals surface area contributed by atoms with Gasteiger partial charge in [0.2, 0.25) is 0 Å². The van der Waals surface area contributed by atoms with Crippen LogP contribution in [0.5, 0.6) is 5.75 Å². The summed E-state index contributed by atoms with van der Waals surface area (Å²) in [6.45, 7) is 4.15. The Morgan fingerprint density at radius 2 is 2.13 bits per heavy atom. The monoisotopic (exact) mass is 208 g/mol. The lowest BCUT2D eigenvalue weighted by Crippen LogP contribution is -2.00. The van der Waals surface area contributed by atoms with E-state index in [1.165, 1.54) is 6.07 Å². The highest BCUT2D eigenvalue weighted by Gasteiger charge is 2.12. The highest BCUT2D eigenvalue weighted by atomic mass is 16.4. The molecule has 0 fully saturated rings. The number of benzene rings is 1. The summed E-state index contributed by atoms with van der Waals surface area (Å²) in [5, 5.41) is 18.2. The van der Waals surface area contributed by atoms with Crippen molar-refractivity contribution in [2.75, 3.05) is 0 Å². The van der Waals surface area contributed by atoms with Crippen LogP contribution in [0, 0.1) is 0 Å². The first-order valence-corrected chi connectivity index (χ1v) is 5.12. The lowest BCUT2D eigenvalue weighted by molar-refractivity contribution is 0.0693. The van der Waals surface area contributed by atoms with Crippen molar-refractivity contribution in [1.29, 1.82) is 0 Å². The molecule has 1 rings (SSSR count). The summed E-state index contributed by atoms with van der Waals surface area (Å²) in [6.07, 6.45) is 2.08. The molecule has 0 bridgehead atoms. The zero-order valence-electron chi connectivity index (χ0n) is 9.03. The quantitative estimate of drug-likeness (QED) is 0.799. The average Bonchev–Trinajstić information content (AvgIpc) is 2.18. The summed E-state index contributed by atoms with van der Waals surface area (Å²) in [7, 11) is 0. The van der Waals surface area contributed by atoms with Crippen LogP contribution in [-0.4, -0.2) is 16.2 Å². The van der Waals surface area contributed by atoms with Gasteiger partial charge in [0.15, 0.2) is 0 Å². The largest absolute Gasteiger partial charge is 0.507 e. The summed E-state index contributed by atoms with van der Waals surface area (Å²) < 4.78 is 0. The van der Waals surface area contributed by atoms with Gasteiger partial charge in [-0.1, -0.05) is 26.3 Å². The Morgan fingerprint density at radius 3 is 2.67 bits per heavy atom. The molecule has 0 saturated heterocycles. The molecule has 2 N–H and O–H groups in total. The standard InChI is InChI=1S/C12H16O3/c1-3-4-8(2)9-5-6-11(13)10(7-9)12(14)15/h5-8,13H,3-4H2,1-2H3,(H,14,15). The number of carboxylic acids is 1. The Labute approximate surface area is 89.4 Å². The molecular weight excluding hydrogens is 192 g/mol. The second-order valence-corrected chi connectivity index (χ2v) is 3.77. The van der Waals surface area contributed by atoms with Crippen LogP contribution in [0.15, 0.2) is 18.2 Å². The third kappa shape index (κ3) is 2.72. The van der Waals surface area contributed by atoms with Gasteiger partial charge in [-0.2, -0.15) is 0 Å². The van der Waals surface area contributed by atoms with Crippen molar-refractivity contribution in [3.05, 3.63) is 29.3 Å². The maximum Gasteiger partial charge on any atom is 0.339 e. The highest BCUT2D eigenvalue weighted by Crippen LogP contribution is 2.25. The molecule has 0 aliphatic heterocycles. The number of carbonyl (C=O) groups is 1. The van der Waals surface area contributed by atoms with E-state index in [1.54, 1.807) is 12.1 Å². The summed E-state index contributed by atoms with van der Waals surface area (Å²) in [6, 6.07) is 4.78. The van der Waals surface area contributed by atoms with Gasteiger partial charge < -0.3 is 10.2 Å². The molecule has 3 heteroatoms. The molecule has 0 radical (unpaired) electrons. The van der Waals surface area contributed by atoms with Gasteiger partial charge in [-0.3, -0.25) is 0 Å². The van der Waals surface area contributed by atoms with Gasteiger partial charge in [0.25, 0.3) is 0 Å². The Morgan fingerprint density at radius 1 is 1.47 bits per heavy atom. The van der Waals surface area contributed by atoms with Gasteiger partial charge in [0.05, 0.1) is 0 Å². The van der Waals surface area contributed by atoms with Gasteiger partial charge in [0, 0.05) is 0 Å². The predicted molar refractivity (Wildman–Crippen MR) is 58.4 cm³/mol. The molecule has 0 spiro atoms. The third-order valence-electron chi connectivity index (χ3n) is 2.54. The predicted octanol–water partition coefficient (Wildman–Crippen LogP) is 2.99. The average molecular weight is 208 g/mol. The van der Waals surface area contributed by atoms with Crippen molar-refractivity contribution in [2.24, 2.45) is 0 Å². The van der Waals surface area contributed by atoms with Gasteiger partial charge in [-0.15, -0.1) is 0 Å². The number of hydrogen-bond acceptors (Lipinski definition) is 2. The van der Waals surface area contributed by atoms with Crippen molar-refractivity contribution < 1.29 is 15.0 Å². The van der Waals surface area contributed by atoms with Crippen LogP contribution in [0.25, 0.3) is 0 Å². The van der Waals surface area contributed by atoms with Crippen LogP contribution >= 0.6 is 0 Å². The molecule has 82 valence electrons. The fourth-order valence-electron chi connectivity index (χ4n) is 1.63. The molecule has 0 aliphatic rings. The fraction of sp³-hybridized carbons (Fsp3) is 0.417. The molecule has 0 aliphatic carbocycles. The number of rotatable bonds is 4. The molecule has 0 amide bonds. The Bertz CT molecular complexity index is 358. The Balaban J connectivity index is 3.02. The van der Waals surface area contributed by atoms with Crippen LogP contribution in [0.2, 0.25) is 0 Å². The van der Waals surface area contributed by atoms with Crippen molar-refractivity contribution >= 4 is 5.97 Å². The topological polar surface area (TPSA) is 57.5 Å². The minimum absolute atomic E-state index is 0.0181. The number of carboxylic acid groups (broad SMARTS) is 1. The molecular formula is C12H16O3. The van der Waals surface area contributed by atoms with Crippen molar-refractivity contribution in [1.82, 2.24) is 0 Å². The number of hydrogen-bond donors (Lipinski definition) is 2. The molecule has 1 aromatic carbocycles. The van der Waals surface area contributed by atoms with Gasteiger partial charge >= 0.3 is 5.97 Å². The van der Waals surface area contributed by atoms with Crippen LogP contribution in [0.1, 0.15) is 48.5 Å². The zero-order chi connectivity index (χ0) is 11.4. The van der Waals surface area contributed by atoms with Crippen molar-refractivity contribution in [3.8, 4) is 5.75 Å². The number of phenols is 1. The number of aromatic hydroxyl groups is 1. The van der Waals surface area contributed by atoms with E-state index in [0.717, 1.165) is 18.4 Å². The van der Waals surface area contributed by atoms with E-state index in [1.807, 2.05) is 0 Å². The molecule has 1 unspecified atom stereocenters. The smallest absolute Gasteiger partial charge is 0.339 e. The lowest BCUT2D eigenvalue weighted by Gasteiger charge is -2.11. The summed E-state index contributed by atoms with van der Waals surface area (Å²) in [5.74, 6) is -0.929. The SMILES string of the molecule is CCCC(C)c1ccc(O)c(C(=O)O)c1. The van der Waals surface area contributed by atoms with Gasteiger partial charge in [0.1, 0.15) is 11.3 Å². The van der Waals surface area contributed by atoms with Gasteiger partial charge in [-0.25, -0.2) is 4.79 Å². The lowest BCUT2D eigenvalue weighted by atomic mass is 9.95. The highest BCUT2D eigenvalue weighted by molar-refractivity contribution is 5.90. The molecule has 0 aromatic heterocycles. The first-order chi connectivity index (χ1) is 7.06. The van der Waals surface area contributed by atoms with Crippen molar-refractivity contribution in [2.45, 2.75) is 32.6 Å². The summed E-state index contributed by atoms with van der Waals surface area (Å²) in [4.78, 5) is 10.8. The van der Waals surface area contributed by atoms with Crippen LogP contribution in [0.4, 0.5) is 0 Å². The minimum Gasteiger partial charge on any atom is -0.507 e. The van der Waals surface area contributed by atoms with Crippen LogP contribution < -0.4 is 0 Å². The van der Waals surface area contributed by atoms with Crippen molar-refractivity contribution in [3.63, 3.8) is 0 Å². The second kappa shape index (κ2) is 4.82. The Hall–Kier alpha value is -1.51. The van der Waals surface area contributed by atoms with Crippen LogP contribution in [-0.2, 0) is 0 Å². The number of aromatic carboxylic acids is 1. The zero-order valence-corrected chi connectivity index (χ0v) is 9.03. The molecule has 1 atom stereocenters. The van der Waals surface area contributed by atoms with E-state index in [4.69, 9.17) is 5.11 Å². The maximum absolute atomic E-state index is 10.8. The van der Waals surface area contributed by atoms with E-state index in [-0.39, 0.29) is 11.3 Å². The maximum atomic E-state index is 10.8. The molecule has 1 aromatic rings. The first kappa shape index (κ1) is 11.6. The molecule has 15 heavy (non-hydrogen) atoms. The normalized spacial score (nSPS) is 12.4. The van der Waals surface area contributed by atoms with Crippen LogP contribution in [0.3, 0.4) is 0 Å². The fourth-order valence-corrected chi connectivity index (χ4v) is 1.63. The van der Waals surface area contributed by atoms with E-state index in [9.17, 15) is 9.90 Å². The second-order valence-electron chi connectivity index (χ2n) is 3.77. The molecule has 0 heterocycles. The Kier molecular flexibility index (Phi) is 3.72. The summed E-state index contributed by atoms with van der Waals surface area (Å²) >= 11 is 0. The van der Waals surface area contributed by atoms with Gasteiger partial charge in [-0.05, 0) is 30.0 Å². The minimum atomic E-state index is -1.09. The van der Waals surface area contributed by atoms with E-state index in [0.29, 0.717) is 5.92 Å². The third-order valence-corrected chi connectivity index (χ3v) is 2.54. The van der Waals surface area contributed by atoms with E-state index >= 15 is 0 Å². The molecule has 0 saturated carbocycles. The van der Waals surface area contributed by atoms with E-state index < -0.39 is 5.97 Å². The first-order valence-electron chi connectivity index (χ1n) is 5.12. The summed E-state index contributed by atoms with van der Waals surface area (Å²) in [5.41, 5.74) is 0.947.